The normalized spacial score (nSPS) is 11.3. The molecule has 4 rings (SSSR count). The summed E-state index contributed by atoms with van der Waals surface area (Å²) in [6.45, 7) is 6.02. The summed E-state index contributed by atoms with van der Waals surface area (Å²) in [6, 6.07) is 14.7. The monoisotopic (exact) mass is 633 g/mol. The largest absolute Gasteiger partial charge is 0.462 e. The summed E-state index contributed by atoms with van der Waals surface area (Å²) in [5.74, 6) is -0.608. The molecule has 0 aliphatic rings. The summed E-state index contributed by atoms with van der Waals surface area (Å²) in [4.78, 5) is 24.7. The van der Waals surface area contributed by atoms with Crippen LogP contribution in [-0.4, -0.2) is 29.3 Å². The first-order valence-corrected chi connectivity index (χ1v) is 12.3. The summed E-state index contributed by atoms with van der Waals surface area (Å²) >= 11 is 5.62. The number of fused-ring (bicyclic) bond motifs is 1. The summed E-state index contributed by atoms with van der Waals surface area (Å²) in [5, 5.41) is 4.96. The van der Waals surface area contributed by atoms with Crippen molar-refractivity contribution in [3.05, 3.63) is 84.8 Å². The van der Waals surface area contributed by atoms with E-state index in [1.165, 1.54) is 0 Å². The van der Waals surface area contributed by atoms with E-state index in [-0.39, 0.29) is 11.7 Å². The lowest BCUT2D eigenvalue weighted by Crippen LogP contribution is -2.16. The number of hydrogen-bond acceptors (Lipinski definition) is 5. The number of furan rings is 1. The van der Waals surface area contributed by atoms with E-state index in [9.17, 15) is 9.59 Å². The average Bonchev–Trinajstić information content (AvgIpc) is 3.35. The van der Waals surface area contributed by atoms with Crippen molar-refractivity contribution in [2.24, 2.45) is 5.10 Å². The maximum Gasteiger partial charge on any atom is 0.338 e. The Bertz CT molecular complexity index is 1440. The standard InChI is InChI=1S/C25H21BrIN3O4/c1-4-33-25(32)16-6-5-7-20(10-16)30-14(2)8-18(15(30)3)13-28-29-24(31)22-11-17-9-19(26)12-21(27)23(17)34-22/h5-13H,4H2,1-3H3,(H,29,31)/b28-13-. The van der Waals surface area contributed by atoms with E-state index >= 15 is 0 Å². The molecule has 0 fully saturated rings. The molecule has 0 saturated carbocycles. The Kier molecular flexibility index (Phi) is 7.22. The van der Waals surface area contributed by atoms with E-state index in [0.29, 0.717) is 17.8 Å². The second-order valence-corrected chi connectivity index (χ2v) is 9.63. The average molecular weight is 634 g/mol. The first kappa shape index (κ1) is 24.2. The molecular formula is C25H21BrIN3O4. The highest BCUT2D eigenvalue weighted by atomic mass is 127. The number of halogens is 2. The number of carbonyl (C=O) groups excluding carboxylic acids is 2. The van der Waals surface area contributed by atoms with Crippen molar-refractivity contribution in [2.45, 2.75) is 20.8 Å². The molecule has 0 aliphatic carbocycles. The van der Waals surface area contributed by atoms with E-state index in [1.807, 2.05) is 48.7 Å². The molecule has 34 heavy (non-hydrogen) atoms. The quantitative estimate of drug-likeness (QED) is 0.119. The topological polar surface area (TPSA) is 85.8 Å². The van der Waals surface area contributed by atoms with Gasteiger partial charge in [-0.05, 0) is 85.8 Å². The Morgan fingerprint density at radius 1 is 1.21 bits per heavy atom. The maximum absolute atomic E-state index is 12.6. The zero-order valence-electron chi connectivity index (χ0n) is 18.7. The van der Waals surface area contributed by atoms with Crippen LogP contribution in [0.4, 0.5) is 0 Å². The lowest BCUT2D eigenvalue weighted by molar-refractivity contribution is 0.0526. The molecular weight excluding hydrogens is 613 g/mol. The molecule has 1 N–H and O–H groups in total. The molecule has 0 atom stereocenters. The third-order valence-corrected chi connectivity index (χ3v) is 6.47. The third kappa shape index (κ3) is 4.95. The zero-order chi connectivity index (χ0) is 24.4. The van der Waals surface area contributed by atoms with Gasteiger partial charge < -0.3 is 13.7 Å². The molecule has 2 aromatic heterocycles. The van der Waals surface area contributed by atoms with Gasteiger partial charge in [0.05, 0.1) is 22.0 Å². The molecule has 4 aromatic rings. The Balaban J connectivity index is 1.53. The number of esters is 1. The van der Waals surface area contributed by atoms with Gasteiger partial charge in [-0.15, -0.1) is 0 Å². The van der Waals surface area contributed by atoms with E-state index in [4.69, 9.17) is 9.15 Å². The predicted octanol–water partition coefficient (Wildman–Crippen LogP) is 6.15. The Hall–Kier alpha value is -2.92. The number of aryl methyl sites for hydroxylation is 1. The SMILES string of the molecule is CCOC(=O)c1cccc(-n2c(C)cc(/C=N\NC(=O)c3cc4cc(Br)cc(I)c4o3)c2C)c1. The highest BCUT2D eigenvalue weighted by Crippen LogP contribution is 2.28. The number of ether oxygens (including phenoxy) is 1. The molecule has 0 unspecified atom stereocenters. The van der Waals surface area contributed by atoms with E-state index in [2.05, 4.69) is 49.0 Å². The predicted molar refractivity (Wildman–Crippen MR) is 143 cm³/mol. The first-order valence-electron chi connectivity index (χ1n) is 10.5. The van der Waals surface area contributed by atoms with Gasteiger partial charge in [0.1, 0.15) is 5.58 Å². The van der Waals surface area contributed by atoms with Gasteiger partial charge in [-0.25, -0.2) is 10.2 Å². The van der Waals surface area contributed by atoms with Crippen LogP contribution in [0.2, 0.25) is 0 Å². The van der Waals surface area contributed by atoms with E-state index < -0.39 is 5.91 Å². The first-order chi connectivity index (χ1) is 16.3. The van der Waals surface area contributed by atoms with Gasteiger partial charge in [-0.1, -0.05) is 22.0 Å². The molecule has 2 aromatic carbocycles. The Labute approximate surface area is 218 Å². The number of rotatable bonds is 6. The second-order valence-electron chi connectivity index (χ2n) is 7.55. The molecule has 0 aliphatic heterocycles. The number of carbonyl (C=O) groups is 2. The minimum Gasteiger partial charge on any atom is -0.462 e. The van der Waals surface area contributed by atoms with Crippen molar-refractivity contribution in [2.75, 3.05) is 6.61 Å². The van der Waals surface area contributed by atoms with Crippen LogP contribution in [0, 0.1) is 17.4 Å². The van der Waals surface area contributed by atoms with Gasteiger partial charge in [0.15, 0.2) is 5.76 Å². The van der Waals surface area contributed by atoms with Crippen LogP contribution >= 0.6 is 38.5 Å². The lowest BCUT2D eigenvalue weighted by Gasteiger charge is -2.11. The van der Waals surface area contributed by atoms with Crippen molar-refractivity contribution in [1.29, 1.82) is 0 Å². The van der Waals surface area contributed by atoms with Crippen LogP contribution in [-0.2, 0) is 4.74 Å². The number of benzene rings is 2. The van der Waals surface area contributed by atoms with E-state index in [1.54, 1.807) is 31.3 Å². The fourth-order valence-electron chi connectivity index (χ4n) is 3.71. The van der Waals surface area contributed by atoms with Crippen molar-refractivity contribution in [3.8, 4) is 5.69 Å². The fraction of sp³-hybridized carbons (Fsp3) is 0.160. The van der Waals surface area contributed by atoms with Gasteiger partial charge >= 0.3 is 11.9 Å². The Morgan fingerprint density at radius 3 is 2.76 bits per heavy atom. The molecule has 0 radical (unpaired) electrons. The summed E-state index contributed by atoms with van der Waals surface area (Å²) in [7, 11) is 0. The number of hydrazone groups is 1. The molecule has 9 heteroatoms. The van der Waals surface area contributed by atoms with Crippen molar-refractivity contribution in [1.82, 2.24) is 9.99 Å². The second kappa shape index (κ2) is 10.1. The van der Waals surface area contributed by atoms with Gasteiger partial charge in [0.2, 0.25) is 0 Å². The zero-order valence-corrected chi connectivity index (χ0v) is 22.4. The van der Waals surface area contributed by atoms with Crippen LogP contribution in [0.15, 0.2) is 62.5 Å². The van der Waals surface area contributed by atoms with Gasteiger partial charge in [-0.3, -0.25) is 4.79 Å². The summed E-state index contributed by atoms with van der Waals surface area (Å²) < 4.78 is 14.7. The molecule has 1 amide bonds. The number of amides is 1. The molecule has 7 nitrogen and oxygen atoms in total. The minimum atomic E-state index is -0.435. The van der Waals surface area contributed by atoms with Crippen LogP contribution in [0.3, 0.4) is 0 Å². The number of hydrogen-bond donors (Lipinski definition) is 1. The van der Waals surface area contributed by atoms with Crippen molar-refractivity contribution < 1.29 is 18.7 Å². The van der Waals surface area contributed by atoms with Crippen molar-refractivity contribution >= 4 is 67.6 Å². The highest BCUT2D eigenvalue weighted by molar-refractivity contribution is 14.1. The fourth-order valence-corrected chi connectivity index (χ4v) is 5.37. The lowest BCUT2D eigenvalue weighted by atomic mass is 10.2. The molecule has 0 saturated heterocycles. The number of nitrogens with one attached hydrogen (secondary N) is 1. The summed E-state index contributed by atoms with van der Waals surface area (Å²) in [6.07, 6.45) is 1.59. The molecule has 2 heterocycles. The van der Waals surface area contributed by atoms with Gasteiger partial charge in [-0.2, -0.15) is 5.10 Å². The third-order valence-electron chi connectivity index (χ3n) is 5.22. The maximum atomic E-state index is 12.6. The van der Waals surface area contributed by atoms with Crippen LogP contribution in [0.5, 0.6) is 0 Å². The Morgan fingerprint density at radius 2 is 2.00 bits per heavy atom. The smallest absolute Gasteiger partial charge is 0.338 e. The van der Waals surface area contributed by atoms with Crippen LogP contribution in [0.1, 0.15) is 44.8 Å². The minimum absolute atomic E-state index is 0.185. The number of aromatic nitrogens is 1. The summed E-state index contributed by atoms with van der Waals surface area (Å²) in [5.41, 5.74) is 7.23. The molecule has 0 bridgehead atoms. The molecule has 0 spiro atoms. The van der Waals surface area contributed by atoms with Gasteiger partial charge in [0, 0.05) is 32.5 Å². The van der Waals surface area contributed by atoms with Crippen LogP contribution < -0.4 is 5.43 Å². The highest BCUT2D eigenvalue weighted by Gasteiger charge is 2.15. The molecule has 174 valence electrons. The number of nitrogens with zero attached hydrogens (tertiary/aromatic N) is 2. The van der Waals surface area contributed by atoms with Crippen LogP contribution in [0.25, 0.3) is 16.7 Å². The van der Waals surface area contributed by atoms with Gasteiger partial charge in [0.25, 0.3) is 0 Å². The van der Waals surface area contributed by atoms with E-state index in [0.717, 1.165) is 36.1 Å². The van der Waals surface area contributed by atoms with Crippen molar-refractivity contribution in [3.63, 3.8) is 0 Å².